The summed E-state index contributed by atoms with van der Waals surface area (Å²) in [7, 11) is -5.25. The molecule has 0 spiro atoms. The Morgan fingerprint density at radius 1 is 1.26 bits per heavy atom. The molecule has 1 heterocycles. The third-order valence-corrected chi connectivity index (χ3v) is 7.52. The van der Waals surface area contributed by atoms with Gasteiger partial charge in [-0.2, -0.15) is 0 Å². The number of hydrogen-bond donors (Lipinski definition) is 0. The predicted octanol–water partition coefficient (Wildman–Crippen LogP) is 0.635. The topological polar surface area (TPSA) is 71.5 Å². The minimum absolute atomic E-state index is 0.0317. The van der Waals surface area contributed by atoms with Gasteiger partial charge in [0.15, 0.2) is 9.84 Å². The van der Waals surface area contributed by atoms with Gasteiger partial charge in [-0.25, -0.2) is 21.1 Å². The van der Waals surface area contributed by atoms with Crippen molar-refractivity contribution in [1.82, 2.24) is 4.31 Å². The van der Waals surface area contributed by atoms with Crippen molar-refractivity contribution in [2.75, 3.05) is 18.6 Å². The average molecular weight is 303 g/mol. The standard InChI is InChI=1S/C12H17NO4S2/c1-13(9-11-5-3-2-4-6-11)19(16,17)12-7-8-18(14,15)10-12/h2-6,12H,7-10H2,1H3/t12-/m1/s1. The molecular formula is C12H17NO4S2. The molecule has 1 atom stereocenters. The SMILES string of the molecule is CN(Cc1ccccc1)S(=O)(=O)[C@@H]1CCS(=O)(=O)C1. The van der Waals surface area contributed by atoms with Gasteiger partial charge in [-0.1, -0.05) is 30.3 Å². The Morgan fingerprint density at radius 3 is 2.42 bits per heavy atom. The molecule has 19 heavy (non-hydrogen) atoms. The summed E-state index contributed by atoms with van der Waals surface area (Å²) in [5.41, 5.74) is 0.884. The van der Waals surface area contributed by atoms with Gasteiger partial charge in [0, 0.05) is 13.6 Å². The molecule has 0 aliphatic carbocycles. The van der Waals surface area contributed by atoms with Crippen LogP contribution in [0.5, 0.6) is 0 Å². The van der Waals surface area contributed by atoms with Gasteiger partial charge in [-0.05, 0) is 12.0 Å². The monoisotopic (exact) mass is 303 g/mol. The van der Waals surface area contributed by atoms with Crippen LogP contribution in [0.2, 0.25) is 0 Å². The van der Waals surface area contributed by atoms with Crippen molar-refractivity contribution >= 4 is 19.9 Å². The summed E-state index contributed by atoms with van der Waals surface area (Å²) >= 11 is 0. The van der Waals surface area contributed by atoms with Crippen LogP contribution in [0.15, 0.2) is 30.3 Å². The molecule has 0 aromatic heterocycles. The fourth-order valence-corrected chi connectivity index (χ4v) is 6.44. The molecule has 2 rings (SSSR count). The summed E-state index contributed by atoms with van der Waals surface area (Å²) in [6, 6.07) is 9.24. The number of nitrogens with zero attached hydrogens (tertiary/aromatic N) is 1. The highest BCUT2D eigenvalue weighted by atomic mass is 32.2. The van der Waals surface area contributed by atoms with E-state index >= 15 is 0 Å². The van der Waals surface area contributed by atoms with Gasteiger partial charge in [0.2, 0.25) is 10.0 Å². The number of rotatable bonds is 4. The van der Waals surface area contributed by atoms with Gasteiger partial charge < -0.3 is 0 Å². The van der Waals surface area contributed by atoms with Crippen molar-refractivity contribution in [3.63, 3.8) is 0 Å². The van der Waals surface area contributed by atoms with Gasteiger partial charge in [0.25, 0.3) is 0 Å². The van der Waals surface area contributed by atoms with Crippen LogP contribution in [-0.2, 0) is 26.4 Å². The predicted molar refractivity (Wildman–Crippen MR) is 73.9 cm³/mol. The molecule has 0 N–H and O–H groups in total. The van der Waals surface area contributed by atoms with Crippen LogP contribution in [0.4, 0.5) is 0 Å². The normalized spacial score (nSPS) is 22.7. The second kappa shape index (κ2) is 5.22. The van der Waals surface area contributed by atoms with Crippen molar-refractivity contribution in [3.8, 4) is 0 Å². The number of hydrogen-bond acceptors (Lipinski definition) is 4. The maximum absolute atomic E-state index is 12.3. The molecule has 106 valence electrons. The molecule has 1 saturated heterocycles. The van der Waals surface area contributed by atoms with Crippen molar-refractivity contribution in [3.05, 3.63) is 35.9 Å². The van der Waals surface area contributed by atoms with Crippen molar-refractivity contribution in [2.24, 2.45) is 0 Å². The molecule has 1 aromatic rings. The lowest BCUT2D eigenvalue weighted by Crippen LogP contribution is -2.36. The smallest absolute Gasteiger partial charge is 0.218 e. The Morgan fingerprint density at radius 2 is 1.89 bits per heavy atom. The van der Waals surface area contributed by atoms with Crippen LogP contribution in [0.25, 0.3) is 0 Å². The molecule has 0 unspecified atom stereocenters. The lowest BCUT2D eigenvalue weighted by atomic mass is 10.2. The van der Waals surface area contributed by atoms with E-state index in [1.54, 1.807) is 0 Å². The van der Waals surface area contributed by atoms with E-state index in [1.165, 1.54) is 11.4 Å². The number of sulfonamides is 1. The van der Waals surface area contributed by atoms with Gasteiger partial charge in [0.1, 0.15) is 0 Å². The van der Waals surface area contributed by atoms with Crippen LogP contribution in [0.1, 0.15) is 12.0 Å². The van der Waals surface area contributed by atoms with Crippen molar-refractivity contribution < 1.29 is 16.8 Å². The molecule has 1 aliphatic rings. The fraction of sp³-hybridized carbons (Fsp3) is 0.500. The molecule has 0 bridgehead atoms. The Hall–Kier alpha value is -0.920. The zero-order chi connectivity index (χ0) is 14.1. The highest BCUT2D eigenvalue weighted by molar-refractivity contribution is 7.95. The summed E-state index contributed by atoms with van der Waals surface area (Å²) in [5, 5.41) is -0.800. The molecule has 0 radical (unpaired) electrons. The fourth-order valence-electron chi connectivity index (χ4n) is 2.18. The lowest BCUT2D eigenvalue weighted by Gasteiger charge is -2.20. The zero-order valence-electron chi connectivity index (χ0n) is 10.7. The molecule has 1 fully saturated rings. The quantitative estimate of drug-likeness (QED) is 0.818. The Balaban J connectivity index is 2.12. The minimum atomic E-state index is -3.55. The Kier molecular flexibility index (Phi) is 3.98. The van der Waals surface area contributed by atoms with Crippen molar-refractivity contribution in [2.45, 2.75) is 18.2 Å². The van der Waals surface area contributed by atoms with Crippen molar-refractivity contribution in [1.29, 1.82) is 0 Å². The van der Waals surface area contributed by atoms with E-state index in [1.807, 2.05) is 30.3 Å². The maximum Gasteiger partial charge on any atom is 0.218 e. The van der Waals surface area contributed by atoms with Crippen LogP contribution < -0.4 is 0 Å². The Bertz CT molecular complexity index is 638. The summed E-state index contributed by atoms with van der Waals surface area (Å²) in [5.74, 6) is -0.287. The molecule has 5 nitrogen and oxygen atoms in total. The van der Waals surface area contributed by atoms with Gasteiger partial charge in [-0.3, -0.25) is 0 Å². The van der Waals surface area contributed by atoms with E-state index in [9.17, 15) is 16.8 Å². The van der Waals surface area contributed by atoms with Gasteiger partial charge >= 0.3 is 0 Å². The Labute approximate surface area is 114 Å². The van der Waals surface area contributed by atoms with E-state index in [-0.39, 0.29) is 24.5 Å². The molecule has 0 saturated carbocycles. The molecular weight excluding hydrogens is 286 g/mol. The summed E-state index contributed by atoms with van der Waals surface area (Å²) in [4.78, 5) is 0. The molecule has 1 aliphatic heterocycles. The molecule has 0 amide bonds. The first-order chi connectivity index (χ1) is 8.81. The third kappa shape index (κ3) is 3.34. The van der Waals surface area contributed by atoms with Gasteiger partial charge in [-0.15, -0.1) is 0 Å². The summed E-state index contributed by atoms with van der Waals surface area (Å²) in [6.07, 6.45) is 0.198. The van der Waals surface area contributed by atoms with E-state index < -0.39 is 25.1 Å². The largest absolute Gasteiger partial charge is 0.229 e. The van der Waals surface area contributed by atoms with Crippen LogP contribution in [-0.4, -0.2) is 44.9 Å². The van der Waals surface area contributed by atoms with E-state index in [0.717, 1.165) is 5.56 Å². The van der Waals surface area contributed by atoms with Crippen LogP contribution in [0.3, 0.4) is 0 Å². The van der Waals surface area contributed by atoms with Gasteiger partial charge in [0.05, 0.1) is 16.8 Å². The minimum Gasteiger partial charge on any atom is -0.229 e. The third-order valence-electron chi connectivity index (χ3n) is 3.29. The molecule has 1 aromatic carbocycles. The van der Waals surface area contributed by atoms with Crippen LogP contribution >= 0.6 is 0 Å². The lowest BCUT2D eigenvalue weighted by molar-refractivity contribution is 0.457. The number of benzene rings is 1. The highest BCUT2D eigenvalue weighted by Crippen LogP contribution is 2.22. The van der Waals surface area contributed by atoms with E-state index in [4.69, 9.17) is 0 Å². The van der Waals surface area contributed by atoms with E-state index in [0.29, 0.717) is 0 Å². The number of sulfone groups is 1. The first kappa shape index (κ1) is 14.5. The van der Waals surface area contributed by atoms with Crippen LogP contribution in [0, 0.1) is 0 Å². The zero-order valence-corrected chi connectivity index (χ0v) is 12.3. The summed E-state index contributed by atoms with van der Waals surface area (Å²) in [6.45, 7) is 0.264. The first-order valence-corrected chi connectivity index (χ1v) is 9.33. The van der Waals surface area contributed by atoms with E-state index in [2.05, 4.69) is 0 Å². The highest BCUT2D eigenvalue weighted by Gasteiger charge is 2.39. The maximum atomic E-state index is 12.3. The summed E-state index contributed by atoms with van der Waals surface area (Å²) < 4.78 is 48.6. The second-order valence-electron chi connectivity index (χ2n) is 4.81. The second-order valence-corrected chi connectivity index (χ2v) is 9.36. The molecule has 7 heteroatoms. The average Bonchev–Trinajstić information content (AvgIpc) is 2.71. The first-order valence-electron chi connectivity index (χ1n) is 6.01.